The number of aliphatic hydroxyl groups is 1. The first-order valence-corrected chi connectivity index (χ1v) is 9.96. The minimum atomic E-state index is -1.45. The van der Waals surface area contributed by atoms with Gasteiger partial charge < -0.3 is 29.1 Å². The van der Waals surface area contributed by atoms with E-state index in [-0.39, 0.29) is 12.5 Å². The number of methoxy groups -OCH3 is 3. The van der Waals surface area contributed by atoms with Crippen LogP contribution in [0.5, 0.6) is 17.2 Å². The lowest BCUT2D eigenvalue weighted by molar-refractivity contribution is -0.117. The fraction of sp³-hybridized carbons (Fsp3) is 0.227. The van der Waals surface area contributed by atoms with Gasteiger partial charge in [-0.1, -0.05) is 6.07 Å². The molecule has 1 amide bonds. The summed E-state index contributed by atoms with van der Waals surface area (Å²) in [4.78, 5) is 13.1. The number of carbonyl (C=O) groups excluding carboxylic acids is 1. The summed E-state index contributed by atoms with van der Waals surface area (Å²) in [7, 11) is 4.58. The van der Waals surface area contributed by atoms with Gasteiger partial charge in [0.15, 0.2) is 17.1 Å². The van der Waals surface area contributed by atoms with Crippen LogP contribution < -0.4 is 19.5 Å². The molecule has 1 unspecified atom stereocenters. The molecule has 0 aliphatic carbocycles. The van der Waals surface area contributed by atoms with Crippen LogP contribution in [0.4, 0.5) is 0 Å². The Morgan fingerprint density at radius 2 is 1.90 bits per heavy atom. The van der Waals surface area contributed by atoms with Crippen molar-refractivity contribution in [3.05, 3.63) is 70.3 Å². The van der Waals surface area contributed by atoms with Gasteiger partial charge in [0.25, 0.3) is 0 Å². The molecule has 30 heavy (non-hydrogen) atoms. The molecule has 3 rings (SSSR count). The van der Waals surface area contributed by atoms with Crippen LogP contribution in [-0.2, 0) is 10.4 Å². The van der Waals surface area contributed by atoms with Gasteiger partial charge in [0, 0.05) is 11.0 Å². The lowest BCUT2D eigenvalue weighted by atomic mass is 9.98. The molecule has 0 radical (unpaired) electrons. The van der Waals surface area contributed by atoms with Crippen LogP contribution in [0.3, 0.4) is 0 Å². The van der Waals surface area contributed by atoms with Crippen molar-refractivity contribution >= 4 is 23.3 Å². The van der Waals surface area contributed by atoms with Gasteiger partial charge in [0.1, 0.15) is 5.76 Å². The number of benzene rings is 1. The van der Waals surface area contributed by atoms with E-state index in [1.165, 1.54) is 45.0 Å². The number of thiophene rings is 1. The minimum absolute atomic E-state index is 0.0422. The first kappa shape index (κ1) is 21.5. The highest BCUT2D eigenvalue weighted by molar-refractivity contribution is 7.10. The summed E-state index contributed by atoms with van der Waals surface area (Å²) >= 11 is 1.38. The molecule has 0 saturated carbocycles. The summed E-state index contributed by atoms with van der Waals surface area (Å²) in [6.45, 7) is -0.0422. The van der Waals surface area contributed by atoms with Crippen molar-refractivity contribution in [1.82, 2.24) is 5.32 Å². The predicted molar refractivity (Wildman–Crippen MR) is 114 cm³/mol. The van der Waals surface area contributed by atoms with Gasteiger partial charge >= 0.3 is 0 Å². The molecule has 2 aromatic heterocycles. The second-order valence-electron chi connectivity index (χ2n) is 6.32. The maximum absolute atomic E-state index is 12.4. The molecule has 0 bridgehead atoms. The number of nitrogens with one attached hydrogen (secondary N) is 1. The van der Waals surface area contributed by atoms with E-state index in [2.05, 4.69) is 5.32 Å². The van der Waals surface area contributed by atoms with Gasteiger partial charge in [0.2, 0.25) is 11.7 Å². The summed E-state index contributed by atoms with van der Waals surface area (Å²) in [5, 5.41) is 15.8. The molecule has 0 spiro atoms. The van der Waals surface area contributed by atoms with Crippen molar-refractivity contribution in [1.29, 1.82) is 0 Å². The lowest BCUT2D eigenvalue weighted by Gasteiger charge is -2.25. The average Bonchev–Trinajstić information content (AvgIpc) is 3.49. The summed E-state index contributed by atoms with van der Waals surface area (Å²) < 4.78 is 21.3. The molecule has 0 aliphatic heterocycles. The standard InChI is InChI=1S/C22H23NO6S/c1-26-16-12-15(13-17(27-2)21(16)28-3)8-9-20(24)23-14-22(25,18-6-4-10-29-18)19-7-5-11-30-19/h4-13,25H,14H2,1-3H3,(H,23,24)/b9-8+. The molecule has 7 nitrogen and oxygen atoms in total. The quantitative estimate of drug-likeness (QED) is 0.507. The van der Waals surface area contributed by atoms with E-state index in [9.17, 15) is 9.90 Å². The third-order valence-corrected chi connectivity index (χ3v) is 5.51. The van der Waals surface area contributed by atoms with Crippen LogP contribution in [0.25, 0.3) is 6.08 Å². The Balaban J connectivity index is 1.74. The Kier molecular flexibility index (Phi) is 6.81. The van der Waals surface area contributed by atoms with Gasteiger partial charge in [-0.3, -0.25) is 4.79 Å². The number of hydrogen-bond acceptors (Lipinski definition) is 7. The van der Waals surface area contributed by atoms with E-state index < -0.39 is 5.60 Å². The highest BCUT2D eigenvalue weighted by atomic mass is 32.1. The van der Waals surface area contributed by atoms with E-state index in [1.54, 1.807) is 36.4 Å². The molecule has 8 heteroatoms. The van der Waals surface area contributed by atoms with Crippen LogP contribution in [0.2, 0.25) is 0 Å². The minimum Gasteiger partial charge on any atom is -0.493 e. The fourth-order valence-electron chi connectivity index (χ4n) is 2.97. The van der Waals surface area contributed by atoms with Gasteiger partial charge in [0.05, 0.1) is 34.1 Å². The molecule has 158 valence electrons. The zero-order valence-corrected chi connectivity index (χ0v) is 17.7. The Labute approximate surface area is 178 Å². The highest BCUT2D eigenvalue weighted by Gasteiger charge is 2.35. The first-order chi connectivity index (χ1) is 14.5. The van der Waals surface area contributed by atoms with Crippen LogP contribution >= 0.6 is 11.3 Å². The summed E-state index contributed by atoms with van der Waals surface area (Å²) in [6.07, 6.45) is 4.48. The van der Waals surface area contributed by atoms with Crippen molar-refractivity contribution in [3.63, 3.8) is 0 Å². The van der Waals surface area contributed by atoms with Gasteiger partial charge in [-0.25, -0.2) is 0 Å². The summed E-state index contributed by atoms with van der Waals surface area (Å²) in [6, 6.07) is 10.5. The van der Waals surface area contributed by atoms with Crippen LogP contribution in [-0.4, -0.2) is 38.9 Å². The van der Waals surface area contributed by atoms with Crippen LogP contribution in [0, 0.1) is 0 Å². The van der Waals surface area contributed by atoms with Gasteiger partial charge in [-0.05, 0) is 47.4 Å². The predicted octanol–water partition coefficient (Wildman–Crippen LogP) is 3.43. The smallest absolute Gasteiger partial charge is 0.244 e. The van der Waals surface area contributed by atoms with Crippen LogP contribution in [0.1, 0.15) is 16.2 Å². The third kappa shape index (κ3) is 4.50. The molecule has 0 saturated heterocycles. The van der Waals surface area contributed by atoms with E-state index in [1.807, 2.05) is 11.4 Å². The number of furan rings is 1. The molecule has 2 N–H and O–H groups in total. The number of carbonyl (C=O) groups is 1. The third-order valence-electron chi connectivity index (χ3n) is 4.49. The first-order valence-electron chi connectivity index (χ1n) is 9.08. The van der Waals surface area contributed by atoms with Gasteiger partial charge in [-0.15, -0.1) is 11.3 Å². The Morgan fingerprint density at radius 1 is 1.17 bits per heavy atom. The number of hydrogen-bond donors (Lipinski definition) is 2. The maximum Gasteiger partial charge on any atom is 0.244 e. The Morgan fingerprint density at radius 3 is 2.43 bits per heavy atom. The van der Waals surface area contributed by atoms with E-state index in [0.29, 0.717) is 33.4 Å². The molecule has 1 aromatic carbocycles. The largest absolute Gasteiger partial charge is 0.493 e. The van der Waals surface area contributed by atoms with E-state index in [4.69, 9.17) is 18.6 Å². The molecule has 2 heterocycles. The number of amides is 1. The zero-order valence-electron chi connectivity index (χ0n) is 16.9. The monoisotopic (exact) mass is 429 g/mol. The molecule has 1 atom stereocenters. The Bertz CT molecular complexity index is 936. The van der Waals surface area contributed by atoms with E-state index >= 15 is 0 Å². The summed E-state index contributed by atoms with van der Waals surface area (Å²) in [5.41, 5.74) is -0.757. The average molecular weight is 429 g/mol. The van der Waals surface area contributed by atoms with Crippen molar-refractivity contribution in [3.8, 4) is 17.2 Å². The molecular weight excluding hydrogens is 406 g/mol. The topological polar surface area (TPSA) is 90.2 Å². The summed E-state index contributed by atoms with van der Waals surface area (Å²) in [5.74, 6) is 1.44. The zero-order chi connectivity index (χ0) is 21.6. The molecule has 3 aromatic rings. The number of rotatable bonds is 9. The van der Waals surface area contributed by atoms with Crippen molar-refractivity contribution in [2.45, 2.75) is 5.60 Å². The SMILES string of the molecule is COc1cc(/C=C/C(=O)NCC(O)(c2ccco2)c2cccs2)cc(OC)c1OC. The molecular formula is C22H23NO6S. The normalized spacial score (nSPS) is 13.1. The second-order valence-corrected chi connectivity index (χ2v) is 7.27. The highest BCUT2D eigenvalue weighted by Crippen LogP contribution is 2.38. The van der Waals surface area contributed by atoms with E-state index in [0.717, 1.165) is 0 Å². The lowest BCUT2D eigenvalue weighted by Crippen LogP contribution is -2.40. The van der Waals surface area contributed by atoms with Crippen LogP contribution in [0.15, 0.2) is 58.5 Å². The van der Waals surface area contributed by atoms with Gasteiger partial charge in [-0.2, -0.15) is 0 Å². The second kappa shape index (κ2) is 9.51. The fourth-order valence-corrected chi connectivity index (χ4v) is 3.80. The Hall–Kier alpha value is -3.23. The number of ether oxygens (including phenoxy) is 3. The van der Waals surface area contributed by atoms with Crippen molar-refractivity contribution in [2.75, 3.05) is 27.9 Å². The van der Waals surface area contributed by atoms with Crippen molar-refractivity contribution in [2.24, 2.45) is 0 Å². The molecule has 0 fully saturated rings. The molecule has 0 aliphatic rings. The maximum atomic E-state index is 12.4. The van der Waals surface area contributed by atoms with Crippen molar-refractivity contribution < 1.29 is 28.5 Å².